The highest BCUT2D eigenvalue weighted by atomic mass is 15.0. The molecule has 0 aliphatic heterocycles. The van der Waals surface area contributed by atoms with Crippen LogP contribution < -0.4 is 5.32 Å². The molecule has 2 aromatic rings. The van der Waals surface area contributed by atoms with Crippen LogP contribution in [0, 0.1) is 0 Å². The van der Waals surface area contributed by atoms with E-state index >= 15 is 0 Å². The van der Waals surface area contributed by atoms with Crippen LogP contribution in [0.3, 0.4) is 0 Å². The van der Waals surface area contributed by atoms with Gasteiger partial charge in [-0.25, -0.2) is 4.98 Å². The fourth-order valence-corrected chi connectivity index (χ4v) is 2.27. The van der Waals surface area contributed by atoms with Gasteiger partial charge in [-0.15, -0.1) is 0 Å². The highest BCUT2D eigenvalue weighted by molar-refractivity contribution is 5.15. The maximum atomic E-state index is 4.05. The third-order valence-electron chi connectivity index (χ3n) is 3.32. The van der Waals surface area contributed by atoms with Gasteiger partial charge in [-0.05, 0) is 31.5 Å². The van der Waals surface area contributed by atoms with Crippen molar-refractivity contribution >= 4 is 0 Å². The molecule has 0 aromatic carbocycles. The summed E-state index contributed by atoms with van der Waals surface area (Å²) in [7, 11) is 2.02. The summed E-state index contributed by atoms with van der Waals surface area (Å²) in [5, 5.41) is 3.33. The molecule has 98 valence electrons. The maximum Gasteiger partial charge on any atom is 0.0945 e. The van der Waals surface area contributed by atoms with Gasteiger partial charge < -0.3 is 14.5 Å². The molecular weight excluding hydrogens is 224 g/mol. The highest BCUT2D eigenvalue weighted by Crippen LogP contribution is 2.16. The van der Waals surface area contributed by atoms with Crippen LogP contribution in [0.4, 0.5) is 0 Å². The van der Waals surface area contributed by atoms with Gasteiger partial charge in [0.15, 0.2) is 0 Å². The standard InChI is InChI=1S/C14H22N4/c1-3-14(15-2)13-5-9-17(11-13)7-4-8-18-10-6-16-12-18/h5-6,9-12,14-15H,3-4,7-8H2,1-2H3. The lowest BCUT2D eigenvalue weighted by Gasteiger charge is -2.11. The van der Waals surface area contributed by atoms with E-state index in [9.17, 15) is 0 Å². The van der Waals surface area contributed by atoms with E-state index in [1.807, 2.05) is 25.8 Å². The van der Waals surface area contributed by atoms with Crippen LogP contribution in [-0.4, -0.2) is 21.2 Å². The van der Waals surface area contributed by atoms with Crippen LogP contribution in [0.25, 0.3) is 0 Å². The van der Waals surface area contributed by atoms with E-state index in [-0.39, 0.29) is 0 Å². The predicted molar refractivity (Wildman–Crippen MR) is 73.4 cm³/mol. The Hall–Kier alpha value is -1.55. The first-order chi connectivity index (χ1) is 8.83. The molecule has 0 saturated heterocycles. The molecule has 0 aliphatic carbocycles. The molecule has 1 unspecified atom stereocenters. The van der Waals surface area contributed by atoms with E-state index in [0.29, 0.717) is 6.04 Å². The van der Waals surface area contributed by atoms with Gasteiger partial charge in [-0.3, -0.25) is 0 Å². The van der Waals surface area contributed by atoms with Gasteiger partial charge in [0.25, 0.3) is 0 Å². The third kappa shape index (κ3) is 3.23. The quantitative estimate of drug-likeness (QED) is 0.814. The van der Waals surface area contributed by atoms with Crippen LogP contribution in [0.1, 0.15) is 31.4 Å². The molecule has 1 N–H and O–H groups in total. The molecule has 0 aliphatic rings. The second-order valence-electron chi connectivity index (χ2n) is 4.59. The molecule has 2 rings (SSSR count). The van der Waals surface area contributed by atoms with Crippen LogP contribution in [-0.2, 0) is 13.1 Å². The maximum absolute atomic E-state index is 4.05. The summed E-state index contributed by atoms with van der Waals surface area (Å²) in [4.78, 5) is 4.05. The number of hydrogen-bond donors (Lipinski definition) is 1. The molecule has 2 heterocycles. The number of aryl methyl sites for hydroxylation is 2. The van der Waals surface area contributed by atoms with Crippen LogP contribution in [0.15, 0.2) is 37.2 Å². The summed E-state index contributed by atoms with van der Waals surface area (Å²) in [6, 6.07) is 2.68. The zero-order chi connectivity index (χ0) is 12.8. The van der Waals surface area contributed by atoms with Crippen molar-refractivity contribution in [2.24, 2.45) is 0 Å². The average Bonchev–Trinajstić information content (AvgIpc) is 3.03. The largest absolute Gasteiger partial charge is 0.354 e. The lowest BCUT2D eigenvalue weighted by atomic mass is 10.1. The first-order valence-electron chi connectivity index (χ1n) is 6.62. The summed E-state index contributed by atoms with van der Waals surface area (Å²) >= 11 is 0. The van der Waals surface area contributed by atoms with Gasteiger partial charge in [0.1, 0.15) is 0 Å². The van der Waals surface area contributed by atoms with Gasteiger partial charge in [0, 0.05) is 43.9 Å². The predicted octanol–water partition coefficient (Wildman–Crippen LogP) is 2.45. The number of nitrogens with zero attached hydrogens (tertiary/aromatic N) is 3. The monoisotopic (exact) mass is 246 g/mol. The topological polar surface area (TPSA) is 34.8 Å². The molecule has 4 heteroatoms. The van der Waals surface area contributed by atoms with Crippen molar-refractivity contribution in [3.63, 3.8) is 0 Å². The van der Waals surface area contributed by atoms with Crippen molar-refractivity contribution in [1.29, 1.82) is 0 Å². The van der Waals surface area contributed by atoms with Crippen molar-refractivity contribution < 1.29 is 0 Å². The number of hydrogen-bond acceptors (Lipinski definition) is 2. The summed E-state index contributed by atoms with van der Waals surface area (Å²) < 4.78 is 4.39. The number of aromatic nitrogens is 3. The van der Waals surface area contributed by atoms with Crippen LogP contribution >= 0.6 is 0 Å². The zero-order valence-electron chi connectivity index (χ0n) is 11.2. The molecule has 0 radical (unpaired) electrons. The minimum absolute atomic E-state index is 0.472. The highest BCUT2D eigenvalue weighted by Gasteiger charge is 2.07. The number of nitrogens with one attached hydrogen (secondary N) is 1. The van der Waals surface area contributed by atoms with E-state index in [0.717, 1.165) is 25.9 Å². The van der Waals surface area contributed by atoms with E-state index in [2.05, 4.69) is 44.8 Å². The van der Waals surface area contributed by atoms with Crippen molar-refractivity contribution in [2.75, 3.05) is 7.05 Å². The second-order valence-corrected chi connectivity index (χ2v) is 4.59. The lowest BCUT2D eigenvalue weighted by molar-refractivity contribution is 0.554. The first kappa shape index (κ1) is 12.9. The Morgan fingerprint density at radius 1 is 1.28 bits per heavy atom. The fourth-order valence-electron chi connectivity index (χ4n) is 2.27. The van der Waals surface area contributed by atoms with E-state index in [4.69, 9.17) is 0 Å². The minimum Gasteiger partial charge on any atom is -0.354 e. The van der Waals surface area contributed by atoms with E-state index < -0.39 is 0 Å². The summed E-state index contributed by atoms with van der Waals surface area (Å²) in [6.45, 7) is 4.28. The summed E-state index contributed by atoms with van der Waals surface area (Å²) in [6.07, 6.45) is 12.4. The average molecular weight is 246 g/mol. The number of imidazole rings is 1. The van der Waals surface area contributed by atoms with E-state index in [1.54, 1.807) is 0 Å². The van der Waals surface area contributed by atoms with Gasteiger partial charge >= 0.3 is 0 Å². The lowest BCUT2D eigenvalue weighted by Crippen LogP contribution is -2.14. The van der Waals surface area contributed by atoms with Crippen LogP contribution in [0.5, 0.6) is 0 Å². The van der Waals surface area contributed by atoms with Crippen molar-refractivity contribution in [2.45, 2.75) is 38.9 Å². The smallest absolute Gasteiger partial charge is 0.0945 e. The Balaban J connectivity index is 1.83. The van der Waals surface area contributed by atoms with Gasteiger partial charge in [-0.2, -0.15) is 0 Å². The molecular formula is C14H22N4. The van der Waals surface area contributed by atoms with Crippen LogP contribution in [0.2, 0.25) is 0 Å². The second kappa shape index (κ2) is 6.40. The van der Waals surface area contributed by atoms with Gasteiger partial charge in [0.2, 0.25) is 0 Å². The Bertz CT molecular complexity index is 440. The Labute approximate surface area is 109 Å². The Kier molecular flexibility index (Phi) is 4.59. The van der Waals surface area contributed by atoms with Crippen molar-refractivity contribution in [3.05, 3.63) is 42.7 Å². The third-order valence-corrected chi connectivity index (χ3v) is 3.32. The van der Waals surface area contributed by atoms with Gasteiger partial charge in [0.05, 0.1) is 6.33 Å². The SMILES string of the molecule is CCC(NC)c1ccn(CCCn2ccnc2)c1. The van der Waals surface area contributed by atoms with E-state index in [1.165, 1.54) is 5.56 Å². The minimum atomic E-state index is 0.472. The molecule has 0 amide bonds. The molecule has 2 aromatic heterocycles. The zero-order valence-corrected chi connectivity index (χ0v) is 11.2. The normalized spacial score (nSPS) is 12.8. The molecule has 0 bridgehead atoms. The molecule has 4 nitrogen and oxygen atoms in total. The Morgan fingerprint density at radius 2 is 2.11 bits per heavy atom. The van der Waals surface area contributed by atoms with Crippen molar-refractivity contribution in [3.8, 4) is 0 Å². The summed E-state index contributed by atoms with van der Waals surface area (Å²) in [5.41, 5.74) is 1.38. The molecule has 1 atom stereocenters. The molecule has 0 saturated carbocycles. The summed E-state index contributed by atoms with van der Waals surface area (Å²) in [5.74, 6) is 0. The molecule has 0 spiro atoms. The molecule has 0 fully saturated rings. The fraction of sp³-hybridized carbons (Fsp3) is 0.500. The van der Waals surface area contributed by atoms with Gasteiger partial charge in [-0.1, -0.05) is 6.92 Å². The number of rotatable bonds is 7. The van der Waals surface area contributed by atoms with Crippen molar-refractivity contribution in [1.82, 2.24) is 19.4 Å². The molecule has 18 heavy (non-hydrogen) atoms. The first-order valence-corrected chi connectivity index (χ1v) is 6.62. The Morgan fingerprint density at radius 3 is 2.78 bits per heavy atom.